The summed E-state index contributed by atoms with van der Waals surface area (Å²) in [6.07, 6.45) is 1.68. The second-order valence-corrected chi connectivity index (χ2v) is 2.89. The average molecular weight is 161 g/mol. The Morgan fingerprint density at radius 1 is 1.33 bits per heavy atom. The van der Waals surface area contributed by atoms with Crippen LogP contribution >= 0.6 is 0 Å². The molecule has 0 heterocycles. The average Bonchev–Trinajstić information content (AvgIpc) is 2.05. The van der Waals surface area contributed by atoms with Crippen molar-refractivity contribution in [2.45, 2.75) is 19.8 Å². The first-order valence-electron chi connectivity index (χ1n) is 3.90. The van der Waals surface area contributed by atoms with Crippen LogP contribution in [0.5, 0.6) is 5.75 Å². The zero-order valence-electron chi connectivity index (χ0n) is 7.24. The number of hydrogen-bond acceptors (Lipinski definition) is 2. The molecule has 0 unspecified atom stereocenters. The maximum Gasteiger partial charge on any atom is 0.292 e. The molecule has 0 radical (unpaired) electrons. The first-order valence-corrected chi connectivity index (χ1v) is 3.90. The summed E-state index contributed by atoms with van der Waals surface area (Å²) in [5, 5.41) is 8.35. The largest absolute Gasteiger partial charge is 0.388 e. The van der Waals surface area contributed by atoms with E-state index in [-0.39, 0.29) is 0 Å². The molecule has 0 saturated heterocycles. The van der Waals surface area contributed by atoms with Crippen LogP contribution in [-0.2, 0) is 0 Å². The third-order valence-corrected chi connectivity index (χ3v) is 1.70. The third kappa shape index (κ3) is 1.76. The highest BCUT2D eigenvalue weighted by Gasteiger charge is 2.05. The second kappa shape index (κ2) is 3.77. The van der Waals surface area contributed by atoms with Crippen molar-refractivity contribution in [3.63, 3.8) is 0 Å². The highest BCUT2D eigenvalue weighted by Crippen LogP contribution is 2.25. The normalized spacial score (nSPS) is 9.50. The van der Waals surface area contributed by atoms with Crippen molar-refractivity contribution in [3.05, 3.63) is 29.8 Å². The maximum absolute atomic E-state index is 8.35. The van der Waals surface area contributed by atoms with Gasteiger partial charge in [0.2, 0.25) is 0 Å². The number of rotatable bonds is 2. The van der Waals surface area contributed by atoms with Crippen LogP contribution in [0, 0.1) is 11.5 Å². The molecule has 2 nitrogen and oxygen atoms in total. The third-order valence-electron chi connectivity index (χ3n) is 1.70. The molecule has 0 aliphatic rings. The van der Waals surface area contributed by atoms with Crippen LogP contribution in [0.2, 0.25) is 0 Å². The van der Waals surface area contributed by atoms with Crippen LogP contribution in [0.4, 0.5) is 0 Å². The molecule has 0 fully saturated rings. The Hall–Kier alpha value is -1.49. The van der Waals surface area contributed by atoms with E-state index in [1.54, 1.807) is 12.3 Å². The Balaban J connectivity index is 3.02. The molecule has 0 amide bonds. The maximum atomic E-state index is 8.35. The number of benzene rings is 1. The van der Waals surface area contributed by atoms with Gasteiger partial charge in [-0.15, -0.1) is 5.26 Å². The van der Waals surface area contributed by atoms with E-state index in [0.29, 0.717) is 11.7 Å². The molecule has 0 aliphatic carbocycles. The minimum Gasteiger partial charge on any atom is -0.388 e. The van der Waals surface area contributed by atoms with Crippen LogP contribution in [0.15, 0.2) is 24.3 Å². The van der Waals surface area contributed by atoms with Gasteiger partial charge in [-0.2, -0.15) is 0 Å². The highest BCUT2D eigenvalue weighted by molar-refractivity contribution is 5.36. The van der Waals surface area contributed by atoms with Crippen molar-refractivity contribution in [2.75, 3.05) is 0 Å². The molecule has 62 valence electrons. The zero-order chi connectivity index (χ0) is 8.97. The molecule has 0 bridgehead atoms. The molecule has 0 aromatic heterocycles. The van der Waals surface area contributed by atoms with Gasteiger partial charge < -0.3 is 4.74 Å². The number of para-hydroxylation sites is 1. The fourth-order valence-electron chi connectivity index (χ4n) is 1.10. The van der Waals surface area contributed by atoms with Gasteiger partial charge in [0.25, 0.3) is 6.26 Å². The second-order valence-electron chi connectivity index (χ2n) is 2.89. The van der Waals surface area contributed by atoms with Crippen LogP contribution in [0.25, 0.3) is 0 Å². The van der Waals surface area contributed by atoms with Gasteiger partial charge in [0.15, 0.2) is 0 Å². The Labute approximate surface area is 72.4 Å². The fourth-order valence-corrected chi connectivity index (χ4v) is 1.10. The Bertz CT molecular complexity index is 299. The lowest BCUT2D eigenvalue weighted by Gasteiger charge is -2.08. The SMILES string of the molecule is CC(C)c1ccccc1OC#N. The van der Waals surface area contributed by atoms with E-state index in [1.807, 2.05) is 18.2 Å². The summed E-state index contributed by atoms with van der Waals surface area (Å²) in [5.74, 6) is 1.05. The minimum absolute atomic E-state index is 0.384. The molecule has 1 aromatic rings. The molecule has 0 spiro atoms. The van der Waals surface area contributed by atoms with Gasteiger partial charge in [0.1, 0.15) is 5.75 Å². The van der Waals surface area contributed by atoms with Crippen molar-refractivity contribution in [3.8, 4) is 12.0 Å². The van der Waals surface area contributed by atoms with E-state index in [0.717, 1.165) is 5.56 Å². The van der Waals surface area contributed by atoms with Gasteiger partial charge in [-0.1, -0.05) is 32.0 Å². The molecule has 12 heavy (non-hydrogen) atoms. The predicted octanol–water partition coefficient (Wildman–Crippen LogP) is 2.67. The van der Waals surface area contributed by atoms with Gasteiger partial charge in [-0.25, -0.2) is 0 Å². The molecule has 0 aliphatic heterocycles. The van der Waals surface area contributed by atoms with Gasteiger partial charge in [0.05, 0.1) is 0 Å². The molecule has 2 heteroatoms. The first kappa shape index (κ1) is 8.61. The van der Waals surface area contributed by atoms with Gasteiger partial charge in [-0.05, 0) is 17.5 Å². The summed E-state index contributed by atoms with van der Waals surface area (Å²) in [7, 11) is 0. The van der Waals surface area contributed by atoms with Crippen molar-refractivity contribution in [1.82, 2.24) is 0 Å². The number of nitrogens with zero attached hydrogens (tertiary/aromatic N) is 1. The van der Waals surface area contributed by atoms with Crippen LogP contribution in [-0.4, -0.2) is 0 Å². The minimum atomic E-state index is 0.384. The molecule has 0 N–H and O–H groups in total. The lowest BCUT2D eigenvalue weighted by Crippen LogP contribution is -1.92. The van der Waals surface area contributed by atoms with E-state index in [9.17, 15) is 0 Å². The molecule has 1 aromatic carbocycles. The van der Waals surface area contributed by atoms with Gasteiger partial charge >= 0.3 is 0 Å². The lowest BCUT2D eigenvalue weighted by atomic mass is 10.0. The standard InChI is InChI=1S/C10H11NO/c1-8(2)9-5-3-4-6-10(9)12-7-11/h3-6,8H,1-2H3. The van der Waals surface area contributed by atoms with E-state index in [2.05, 4.69) is 13.8 Å². The Morgan fingerprint density at radius 2 is 2.00 bits per heavy atom. The van der Waals surface area contributed by atoms with Crippen molar-refractivity contribution < 1.29 is 4.74 Å². The Morgan fingerprint density at radius 3 is 2.58 bits per heavy atom. The van der Waals surface area contributed by atoms with E-state index in [4.69, 9.17) is 10.00 Å². The summed E-state index contributed by atoms with van der Waals surface area (Å²) >= 11 is 0. The van der Waals surface area contributed by atoms with Crippen molar-refractivity contribution >= 4 is 0 Å². The van der Waals surface area contributed by atoms with Gasteiger partial charge in [-0.3, -0.25) is 0 Å². The number of hydrogen-bond donors (Lipinski definition) is 0. The van der Waals surface area contributed by atoms with E-state index < -0.39 is 0 Å². The van der Waals surface area contributed by atoms with Gasteiger partial charge in [0, 0.05) is 0 Å². The smallest absolute Gasteiger partial charge is 0.292 e. The molecular formula is C10H11NO. The summed E-state index contributed by atoms with van der Waals surface area (Å²) in [6.45, 7) is 4.14. The molecular weight excluding hydrogens is 150 g/mol. The summed E-state index contributed by atoms with van der Waals surface area (Å²) < 4.78 is 4.80. The first-order chi connectivity index (χ1) is 5.75. The van der Waals surface area contributed by atoms with Crippen molar-refractivity contribution in [1.29, 1.82) is 5.26 Å². The van der Waals surface area contributed by atoms with Crippen LogP contribution < -0.4 is 4.74 Å². The monoisotopic (exact) mass is 161 g/mol. The highest BCUT2D eigenvalue weighted by atomic mass is 16.5. The van der Waals surface area contributed by atoms with E-state index in [1.165, 1.54) is 0 Å². The fraction of sp³-hybridized carbons (Fsp3) is 0.300. The van der Waals surface area contributed by atoms with Crippen LogP contribution in [0.1, 0.15) is 25.3 Å². The molecule has 1 rings (SSSR count). The summed E-state index contributed by atoms with van der Waals surface area (Å²) in [5.41, 5.74) is 1.07. The topological polar surface area (TPSA) is 33.0 Å². The Kier molecular flexibility index (Phi) is 2.71. The lowest BCUT2D eigenvalue weighted by molar-refractivity contribution is 0.496. The quantitative estimate of drug-likeness (QED) is 0.625. The summed E-state index contributed by atoms with van der Waals surface area (Å²) in [4.78, 5) is 0. The van der Waals surface area contributed by atoms with Crippen molar-refractivity contribution in [2.24, 2.45) is 0 Å². The van der Waals surface area contributed by atoms with E-state index >= 15 is 0 Å². The predicted molar refractivity (Wildman–Crippen MR) is 46.8 cm³/mol. The van der Waals surface area contributed by atoms with Crippen LogP contribution in [0.3, 0.4) is 0 Å². The zero-order valence-corrected chi connectivity index (χ0v) is 7.24. The molecule has 0 atom stereocenters. The summed E-state index contributed by atoms with van der Waals surface area (Å²) in [6, 6.07) is 7.58. The number of nitriles is 1. The molecule has 0 saturated carbocycles. The number of ether oxygens (including phenoxy) is 1.